The van der Waals surface area contributed by atoms with Crippen LogP contribution in [0.25, 0.3) is 11.1 Å². The van der Waals surface area contributed by atoms with Gasteiger partial charge in [0, 0.05) is 55.2 Å². The Bertz CT molecular complexity index is 1540. The van der Waals surface area contributed by atoms with E-state index in [-0.39, 0.29) is 30.8 Å². The van der Waals surface area contributed by atoms with E-state index >= 15 is 0 Å². The summed E-state index contributed by atoms with van der Waals surface area (Å²) < 4.78 is 1.74. The lowest BCUT2D eigenvalue weighted by molar-refractivity contribution is 0.240. The lowest BCUT2D eigenvalue weighted by Crippen LogP contribution is -2.49. The van der Waals surface area contributed by atoms with Gasteiger partial charge >= 0.3 is 6.03 Å². The van der Waals surface area contributed by atoms with E-state index in [0.717, 1.165) is 42.4 Å². The number of aromatic nitrogens is 5. The standard InChI is InChI=1S/C31H36N10O2/c1-21(20-42)37-29-24(14-32)17-34-30(39-29)38-26-9-11-27(12-10-26)41(31(43)35-15-22-6-4-3-5-7-22)28-13-8-23(16-33-28)25-18-36-40(2)19-25/h3-8,13,16-19,21,26-27,42H,9-12,15,20H2,1-2H3,(H,35,43)(H2,34,37,38,39). The van der Waals surface area contributed by atoms with Gasteiger partial charge in [0.2, 0.25) is 5.95 Å². The van der Waals surface area contributed by atoms with Crippen molar-refractivity contribution in [3.05, 3.63) is 78.4 Å². The predicted molar refractivity (Wildman–Crippen MR) is 164 cm³/mol. The Kier molecular flexibility index (Phi) is 9.43. The zero-order chi connectivity index (χ0) is 30.2. The monoisotopic (exact) mass is 580 g/mol. The van der Waals surface area contributed by atoms with Gasteiger partial charge in [0.1, 0.15) is 23.3 Å². The number of hydrogen-bond donors (Lipinski definition) is 4. The van der Waals surface area contributed by atoms with Crippen molar-refractivity contribution >= 4 is 23.6 Å². The molecule has 3 heterocycles. The minimum absolute atomic E-state index is 0.0462. The molecule has 4 N–H and O–H groups in total. The van der Waals surface area contributed by atoms with Crippen LogP contribution in [0.3, 0.4) is 0 Å². The van der Waals surface area contributed by atoms with Crippen molar-refractivity contribution in [1.82, 2.24) is 30.0 Å². The summed E-state index contributed by atoms with van der Waals surface area (Å²) in [6.45, 7) is 2.14. The van der Waals surface area contributed by atoms with Gasteiger partial charge in [0.15, 0.2) is 0 Å². The van der Waals surface area contributed by atoms with E-state index in [2.05, 4.69) is 37.1 Å². The molecule has 1 unspecified atom stereocenters. The molecule has 0 radical (unpaired) electrons. The third kappa shape index (κ3) is 7.44. The SMILES string of the molecule is CC(CO)Nc1nc(NC2CCC(N(C(=O)NCc3ccccc3)c3ccc(-c4cnn(C)c4)cn3)CC2)ncc1C#N. The van der Waals surface area contributed by atoms with E-state index in [1.54, 1.807) is 28.9 Å². The Morgan fingerprint density at radius 1 is 1.09 bits per heavy atom. The number of anilines is 3. The molecule has 1 aliphatic carbocycles. The molecule has 222 valence electrons. The van der Waals surface area contributed by atoms with Gasteiger partial charge in [-0.3, -0.25) is 9.58 Å². The number of carbonyl (C=O) groups is 1. The summed E-state index contributed by atoms with van der Waals surface area (Å²) in [5.74, 6) is 1.40. The van der Waals surface area contributed by atoms with E-state index in [9.17, 15) is 15.2 Å². The highest BCUT2D eigenvalue weighted by Crippen LogP contribution is 2.30. The quantitative estimate of drug-likeness (QED) is 0.217. The van der Waals surface area contributed by atoms with Crippen LogP contribution in [0, 0.1) is 11.3 Å². The largest absolute Gasteiger partial charge is 0.394 e. The molecule has 12 heteroatoms. The Hall–Kier alpha value is -5.02. The van der Waals surface area contributed by atoms with E-state index in [1.165, 1.54) is 6.20 Å². The third-order valence-corrected chi connectivity index (χ3v) is 7.50. The van der Waals surface area contributed by atoms with Crippen LogP contribution in [-0.2, 0) is 13.6 Å². The number of nitrogens with one attached hydrogen (secondary N) is 3. The number of pyridine rings is 1. The summed E-state index contributed by atoms with van der Waals surface area (Å²) in [6, 6.07) is 15.4. The average molecular weight is 581 g/mol. The molecule has 1 saturated carbocycles. The number of aliphatic hydroxyl groups excluding tert-OH is 1. The molecule has 0 bridgehead atoms. The van der Waals surface area contributed by atoms with Gasteiger partial charge in [0.25, 0.3) is 0 Å². The van der Waals surface area contributed by atoms with Crippen molar-refractivity contribution in [1.29, 1.82) is 5.26 Å². The highest BCUT2D eigenvalue weighted by atomic mass is 16.3. The van der Waals surface area contributed by atoms with Gasteiger partial charge in [-0.2, -0.15) is 15.3 Å². The van der Waals surface area contributed by atoms with Crippen LogP contribution in [0.15, 0.2) is 67.3 Å². The second-order valence-corrected chi connectivity index (χ2v) is 10.8. The second kappa shape index (κ2) is 13.8. The molecule has 12 nitrogen and oxygen atoms in total. The van der Waals surface area contributed by atoms with Gasteiger partial charge in [-0.25, -0.2) is 14.8 Å². The lowest BCUT2D eigenvalue weighted by Gasteiger charge is -2.36. The molecule has 0 aliphatic heterocycles. The second-order valence-electron chi connectivity index (χ2n) is 10.8. The number of urea groups is 1. The number of carbonyl (C=O) groups excluding carboxylic acids is 1. The summed E-state index contributed by atoms with van der Waals surface area (Å²) in [5.41, 5.74) is 3.23. The summed E-state index contributed by atoms with van der Waals surface area (Å²) in [5, 5.41) is 32.6. The minimum Gasteiger partial charge on any atom is -0.394 e. The van der Waals surface area contributed by atoms with Crippen LogP contribution < -0.4 is 20.9 Å². The number of aryl methyl sites for hydroxylation is 1. The van der Waals surface area contributed by atoms with Crippen LogP contribution in [0.1, 0.15) is 43.7 Å². The van der Waals surface area contributed by atoms with Gasteiger partial charge < -0.3 is 21.1 Å². The fourth-order valence-electron chi connectivity index (χ4n) is 5.17. The van der Waals surface area contributed by atoms with Crippen LogP contribution in [0.5, 0.6) is 0 Å². The van der Waals surface area contributed by atoms with Crippen molar-refractivity contribution in [3.8, 4) is 17.2 Å². The van der Waals surface area contributed by atoms with Crippen LogP contribution in [0.4, 0.5) is 22.4 Å². The Morgan fingerprint density at radius 3 is 2.53 bits per heavy atom. The Labute approximate surface area is 250 Å². The normalized spacial score (nSPS) is 17.0. The molecule has 2 amide bonds. The van der Waals surface area contributed by atoms with Crippen molar-refractivity contribution in [2.24, 2.45) is 7.05 Å². The summed E-state index contributed by atoms with van der Waals surface area (Å²) in [6.07, 6.45) is 10.1. The molecular formula is C31H36N10O2. The fraction of sp³-hybridized carbons (Fsp3) is 0.355. The smallest absolute Gasteiger partial charge is 0.323 e. The van der Waals surface area contributed by atoms with Gasteiger partial charge in [-0.15, -0.1) is 0 Å². The summed E-state index contributed by atoms with van der Waals surface area (Å²) in [4.78, 5) is 28.9. The zero-order valence-electron chi connectivity index (χ0n) is 24.3. The summed E-state index contributed by atoms with van der Waals surface area (Å²) in [7, 11) is 1.87. The van der Waals surface area contributed by atoms with Crippen LogP contribution in [-0.4, -0.2) is 60.6 Å². The first kappa shape index (κ1) is 29.5. The highest BCUT2D eigenvalue weighted by molar-refractivity contribution is 5.91. The predicted octanol–water partition coefficient (Wildman–Crippen LogP) is 4.08. The average Bonchev–Trinajstić information content (AvgIpc) is 3.48. The molecule has 1 fully saturated rings. The number of benzene rings is 1. The molecule has 0 saturated heterocycles. The number of hydrogen-bond acceptors (Lipinski definition) is 9. The Balaban J connectivity index is 1.28. The highest BCUT2D eigenvalue weighted by Gasteiger charge is 2.31. The molecule has 43 heavy (non-hydrogen) atoms. The number of amides is 2. The molecule has 1 aromatic carbocycles. The van der Waals surface area contributed by atoms with Crippen molar-refractivity contribution < 1.29 is 9.90 Å². The maximum Gasteiger partial charge on any atom is 0.323 e. The molecule has 1 atom stereocenters. The van der Waals surface area contributed by atoms with Gasteiger partial charge in [-0.1, -0.05) is 30.3 Å². The number of rotatable bonds is 10. The number of nitrogens with zero attached hydrogens (tertiary/aromatic N) is 7. The van der Waals surface area contributed by atoms with Crippen molar-refractivity contribution in [2.75, 3.05) is 22.1 Å². The van der Waals surface area contributed by atoms with Crippen molar-refractivity contribution in [2.45, 2.75) is 57.3 Å². The molecule has 4 aromatic rings. The van der Waals surface area contributed by atoms with E-state index in [1.807, 2.05) is 55.7 Å². The van der Waals surface area contributed by atoms with E-state index in [0.29, 0.717) is 29.7 Å². The molecular weight excluding hydrogens is 544 g/mol. The molecule has 5 rings (SSSR count). The molecule has 1 aliphatic rings. The maximum absolute atomic E-state index is 13.6. The molecule has 0 spiro atoms. The first-order valence-electron chi connectivity index (χ1n) is 14.4. The number of nitriles is 1. The lowest BCUT2D eigenvalue weighted by atomic mass is 9.90. The maximum atomic E-state index is 13.6. The number of aliphatic hydroxyl groups is 1. The van der Waals surface area contributed by atoms with Crippen molar-refractivity contribution in [3.63, 3.8) is 0 Å². The van der Waals surface area contributed by atoms with E-state index < -0.39 is 0 Å². The molecule has 3 aromatic heterocycles. The van der Waals surface area contributed by atoms with Gasteiger partial charge in [-0.05, 0) is 50.3 Å². The Morgan fingerprint density at radius 2 is 1.88 bits per heavy atom. The van der Waals surface area contributed by atoms with E-state index in [4.69, 9.17) is 4.98 Å². The minimum atomic E-state index is -0.253. The van der Waals surface area contributed by atoms with Crippen LogP contribution >= 0.6 is 0 Å². The fourth-order valence-corrected chi connectivity index (χ4v) is 5.17. The first-order valence-corrected chi connectivity index (χ1v) is 14.4. The first-order chi connectivity index (χ1) is 20.9. The zero-order valence-corrected chi connectivity index (χ0v) is 24.3. The topological polar surface area (TPSA) is 157 Å². The third-order valence-electron chi connectivity index (χ3n) is 7.50. The van der Waals surface area contributed by atoms with Gasteiger partial charge in [0.05, 0.1) is 19.0 Å². The summed E-state index contributed by atoms with van der Waals surface area (Å²) >= 11 is 0. The van der Waals surface area contributed by atoms with Crippen LogP contribution in [0.2, 0.25) is 0 Å².